The predicted molar refractivity (Wildman–Crippen MR) is 97.3 cm³/mol. The molecule has 0 unspecified atom stereocenters. The lowest BCUT2D eigenvalue weighted by atomic mass is 10.1. The maximum absolute atomic E-state index is 12.9. The van der Waals surface area contributed by atoms with Gasteiger partial charge in [0, 0.05) is 36.3 Å². The Morgan fingerprint density at radius 3 is 2.75 bits per heavy atom. The zero-order valence-corrected chi connectivity index (χ0v) is 14.7. The first-order chi connectivity index (χ1) is 11.8. The molecule has 0 aromatic carbocycles. The predicted octanol–water partition coefficient (Wildman–Crippen LogP) is 3.51. The van der Waals surface area contributed by atoms with Gasteiger partial charge in [0.2, 0.25) is 0 Å². The number of nitrogens with zero attached hydrogens (tertiary/aromatic N) is 3. The van der Waals surface area contributed by atoms with Gasteiger partial charge in [-0.3, -0.25) is 9.78 Å². The monoisotopic (exact) mass is 341 g/mol. The number of carbonyl (C=O) groups is 1. The number of thiophene rings is 1. The zero-order valence-electron chi connectivity index (χ0n) is 13.9. The summed E-state index contributed by atoms with van der Waals surface area (Å²) in [7, 11) is 0. The first-order valence-electron chi connectivity index (χ1n) is 8.83. The Bertz CT molecular complexity index is 677. The molecule has 126 valence electrons. The van der Waals surface area contributed by atoms with E-state index in [4.69, 9.17) is 0 Å². The molecule has 1 atom stereocenters. The van der Waals surface area contributed by atoms with Crippen molar-refractivity contribution in [3.63, 3.8) is 0 Å². The van der Waals surface area contributed by atoms with E-state index in [2.05, 4.69) is 26.2 Å². The van der Waals surface area contributed by atoms with Gasteiger partial charge in [0.05, 0.1) is 11.3 Å². The van der Waals surface area contributed by atoms with Crippen LogP contribution < -0.4 is 0 Å². The quantitative estimate of drug-likeness (QED) is 0.854. The van der Waals surface area contributed by atoms with E-state index in [0.717, 1.165) is 37.2 Å². The molecule has 5 heteroatoms. The standard InChI is InChI=1S/C19H23N3OS/c23-19(15-5-6-18(20-12-15)16-7-11-24-14-16)22-10-3-4-17(22)13-21-8-1-2-9-21/h5-7,11-12,14,17H,1-4,8-10,13H2/t17-/m0/s1. The van der Waals surface area contributed by atoms with Crippen molar-refractivity contribution in [1.82, 2.24) is 14.8 Å². The molecule has 24 heavy (non-hydrogen) atoms. The molecule has 0 spiro atoms. The van der Waals surface area contributed by atoms with Crippen molar-refractivity contribution in [3.8, 4) is 11.3 Å². The molecule has 0 saturated carbocycles. The highest BCUT2D eigenvalue weighted by atomic mass is 32.1. The summed E-state index contributed by atoms with van der Waals surface area (Å²) >= 11 is 1.66. The molecule has 0 N–H and O–H groups in total. The summed E-state index contributed by atoms with van der Waals surface area (Å²) in [6, 6.07) is 6.31. The van der Waals surface area contributed by atoms with Crippen molar-refractivity contribution in [2.45, 2.75) is 31.7 Å². The highest BCUT2D eigenvalue weighted by Gasteiger charge is 2.31. The number of likely N-dealkylation sites (tertiary alicyclic amines) is 2. The molecule has 2 aliphatic heterocycles. The van der Waals surface area contributed by atoms with Gasteiger partial charge in [-0.15, -0.1) is 0 Å². The first-order valence-corrected chi connectivity index (χ1v) is 9.77. The average molecular weight is 341 g/mol. The summed E-state index contributed by atoms with van der Waals surface area (Å²) in [5.41, 5.74) is 2.76. The van der Waals surface area contributed by atoms with Crippen LogP contribution in [0.3, 0.4) is 0 Å². The second-order valence-corrected chi connectivity index (χ2v) is 7.53. The summed E-state index contributed by atoms with van der Waals surface area (Å²) in [4.78, 5) is 22.0. The topological polar surface area (TPSA) is 36.4 Å². The average Bonchev–Trinajstić information content (AvgIpc) is 3.37. The Morgan fingerprint density at radius 2 is 2.04 bits per heavy atom. The number of pyridine rings is 1. The van der Waals surface area contributed by atoms with Crippen molar-refractivity contribution in [1.29, 1.82) is 0 Å². The maximum atomic E-state index is 12.9. The second kappa shape index (κ2) is 7.03. The Morgan fingerprint density at radius 1 is 1.17 bits per heavy atom. The molecule has 1 amide bonds. The third kappa shape index (κ3) is 3.23. The first kappa shape index (κ1) is 15.8. The van der Waals surface area contributed by atoms with Crippen LogP contribution in [0.4, 0.5) is 0 Å². The van der Waals surface area contributed by atoms with Crippen molar-refractivity contribution in [2.75, 3.05) is 26.2 Å². The van der Waals surface area contributed by atoms with Crippen molar-refractivity contribution in [2.24, 2.45) is 0 Å². The number of hydrogen-bond acceptors (Lipinski definition) is 4. The molecular weight excluding hydrogens is 318 g/mol. The van der Waals surface area contributed by atoms with Crippen LogP contribution in [0.5, 0.6) is 0 Å². The van der Waals surface area contributed by atoms with E-state index >= 15 is 0 Å². The van der Waals surface area contributed by atoms with Crippen LogP contribution in [0.2, 0.25) is 0 Å². The summed E-state index contributed by atoms with van der Waals surface area (Å²) in [6.07, 6.45) is 6.58. The van der Waals surface area contributed by atoms with E-state index < -0.39 is 0 Å². The molecule has 4 nitrogen and oxygen atoms in total. The number of hydrogen-bond donors (Lipinski definition) is 0. The van der Waals surface area contributed by atoms with Crippen LogP contribution in [0, 0.1) is 0 Å². The van der Waals surface area contributed by atoms with Gasteiger partial charge in [0.1, 0.15) is 0 Å². The molecule has 2 saturated heterocycles. The van der Waals surface area contributed by atoms with Crippen LogP contribution in [-0.2, 0) is 0 Å². The van der Waals surface area contributed by atoms with Gasteiger partial charge in [0.15, 0.2) is 0 Å². The minimum Gasteiger partial charge on any atom is -0.334 e. The van der Waals surface area contributed by atoms with E-state index in [1.54, 1.807) is 17.5 Å². The molecule has 2 fully saturated rings. The molecule has 0 bridgehead atoms. The number of aromatic nitrogens is 1. The van der Waals surface area contributed by atoms with Crippen molar-refractivity contribution < 1.29 is 4.79 Å². The van der Waals surface area contributed by atoms with Gasteiger partial charge in [-0.25, -0.2) is 0 Å². The fourth-order valence-electron chi connectivity index (χ4n) is 3.82. The maximum Gasteiger partial charge on any atom is 0.255 e. The van der Waals surface area contributed by atoms with Gasteiger partial charge < -0.3 is 9.80 Å². The number of carbonyl (C=O) groups excluding carboxylic acids is 1. The van der Waals surface area contributed by atoms with Crippen LogP contribution in [0.25, 0.3) is 11.3 Å². The highest BCUT2D eigenvalue weighted by Crippen LogP contribution is 2.24. The number of amides is 1. The Hall–Kier alpha value is -1.72. The Labute approximate surface area is 147 Å². The molecule has 2 aromatic heterocycles. The second-order valence-electron chi connectivity index (χ2n) is 6.75. The van der Waals surface area contributed by atoms with Gasteiger partial charge in [-0.1, -0.05) is 0 Å². The minimum atomic E-state index is 0.140. The number of rotatable bonds is 4. The fraction of sp³-hybridized carbons (Fsp3) is 0.474. The smallest absolute Gasteiger partial charge is 0.255 e. The van der Waals surface area contributed by atoms with E-state index in [1.165, 1.54) is 25.9 Å². The lowest BCUT2D eigenvalue weighted by Crippen LogP contribution is -2.42. The summed E-state index contributed by atoms with van der Waals surface area (Å²) in [6.45, 7) is 4.29. The molecular formula is C19H23N3OS. The van der Waals surface area contributed by atoms with Crippen LogP contribution in [-0.4, -0.2) is 52.9 Å². The molecule has 2 aliphatic rings. The zero-order chi connectivity index (χ0) is 16.4. The molecule has 0 radical (unpaired) electrons. The minimum absolute atomic E-state index is 0.140. The third-order valence-electron chi connectivity index (χ3n) is 5.13. The van der Waals surface area contributed by atoms with Gasteiger partial charge in [0.25, 0.3) is 5.91 Å². The molecule has 4 rings (SSSR count). The van der Waals surface area contributed by atoms with Crippen molar-refractivity contribution >= 4 is 17.2 Å². The molecule has 4 heterocycles. The van der Waals surface area contributed by atoms with E-state index in [-0.39, 0.29) is 5.91 Å². The highest BCUT2D eigenvalue weighted by molar-refractivity contribution is 7.08. The fourth-order valence-corrected chi connectivity index (χ4v) is 4.47. The van der Waals surface area contributed by atoms with Gasteiger partial charge >= 0.3 is 0 Å². The SMILES string of the molecule is O=C(c1ccc(-c2ccsc2)nc1)N1CCC[C@H]1CN1CCCC1. The van der Waals surface area contributed by atoms with Gasteiger partial charge in [-0.05, 0) is 62.4 Å². The van der Waals surface area contributed by atoms with Crippen molar-refractivity contribution in [3.05, 3.63) is 40.7 Å². The van der Waals surface area contributed by atoms with E-state index in [0.29, 0.717) is 11.6 Å². The Kier molecular flexibility index (Phi) is 4.63. The largest absolute Gasteiger partial charge is 0.334 e. The summed E-state index contributed by atoms with van der Waals surface area (Å²) in [5.74, 6) is 0.140. The molecule has 2 aromatic rings. The molecule has 0 aliphatic carbocycles. The van der Waals surface area contributed by atoms with Crippen LogP contribution in [0.15, 0.2) is 35.2 Å². The third-order valence-corrected chi connectivity index (χ3v) is 5.82. The van der Waals surface area contributed by atoms with E-state index in [1.807, 2.05) is 17.5 Å². The normalized spacial score (nSPS) is 21.5. The van der Waals surface area contributed by atoms with Crippen LogP contribution >= 0.6 is 11.3 Å². The summed E-state index contributed by atoms with van der Waals surface area (Å²) in [5, 5.41) is 4.12. The summed E-state index contributed by atoms with van der Waals surface area (Å²) < 4.78 is 0. The van der Waals surface area contributed by atoms with Crippen LogP contribution in [0.1, 0.15) is 36.0 Å². The Balaban J connectivity index is 1.45. The van der Waals surface area contributed by atoms with E-state index in [9.17, 15) is 4.79 Å². The lowest BCUT2D eigenvalue weighted by Gasteiger charge is -2.28. The van der Waals surface area contributed by atoms with Gasteiger partial charge in [-0.2, -0.15) is 11.3 Å². The lowest BCUT2D eigenvalue weighted by molar-refractivity contribution is 0.0708.